The zero-order valence-electron chi connectivity index (χ0n) is 7.05. The summed E-state index contributed by atoms with van der Waals surface area (Å²) in [7, 11) is 0. The van der Waals surface area contributed by atoms with Crippen LogP contribution in [0.4, 0.5) is 4.39 Å². The first-order valence-corrected chi connectivity index (χ1v) is 4.11. The van der Waals surface area contributed by atoms with Gasteiger partial charge >= 0.3 is 0 Å². The first-order chi connectivity index (χ1) is 6.09. The topological polar surface area (TPSA) is 17.1 Å². The molecule has 13 heavy (non-hydrogen) atoms. The number of benzene rings is 1. The van der Waals surface area contributed by atoms with Gasteiger partial charge in [-0.3, -0.25) is 4.79 Å². The molecule has 68 valence electrons. The van der Waals surface area contributed by atoms with Gasteiger partial charge in [-0.1, -0.05) is 11.6 Å². The van der Waals surface area contributed by atoms with Crippen LogP contribution in [0.25, 0.3) is 0 Å². The molecule has 0 unspecified atom stereocenters. The van der Waals surface area contributed by atoms with Crippen LogP contribution >= 0.6 is 11.6 Å². The Kier molecular flexibility index (Phi) is 3.20. The van der Waals surface area contributed by atoms with Gasteiger partial charge in [-0.05, 0) is 31.2 Å². The molecule has 0 aliphatic carbocycles. The van der Waals surface area contributed by atoms with Gasteiger partial charge in [0.15, 0.2) is 5.78 Å². The van der Waals surface area contributed by atoms with Crippen LogP contribution in [0, 0.1) is 0 Å². The quantitative estimate of drug-likeness (QED) is 0.526. The maximum atomic E-state index is 12.3. The van der Waals surface area contributed by atoms with E-state index in [-0.39, 0.29) is 5.78 Å². The molecule has 0 radical (unpaired) electrons. The lowest BCUT2D eigenvalue weighted by Gasteiger charge is -1.95. The third-order valence-electron chi connectivity index (χ3n) is 1.46. The van der Waals surface area contributed by atoms with Crippen LogP contribution in [0.15, 0.2) is 36.2 Å². The van der Waals surface area contributed by atoms with Crippen molar-refractivity contribution in [2.24, 2.45) is 0 Å². The minimum absolute atomic E-state index is 0.350. The molecule has 0 bridgehead atoms. The lowest BCUT2D eigenvalue weighted by Crippen LogP contribution is -1.93. The fourth-order valence-corrected chi connectivity index (χ4v) is 1.00. The van der Waals surface area contributed by atoms with E-state index in [9.17, 15) is 9.18 Å². The van der Waals surface area contributed by atoms with Gasteiger partial charge < -0.3 is 0 Å². The largest absolute Gasteiger partial charge is 0.289 e. The Labute approximate surface area is 80.8 Å². The summed E-state index contributed by atoms with van der Waals surface area (Å²) in [5, 5.41) is 0.553. The Morgan fingerprint density at radius 3 is 2.38 bits per heavy atom. The monoisotopic (exact) mass is 198 g/mol. The van der Waals surface area contributed by atoms with E-state index in [0.29, 0.717) is 10.6 Å². The van der Waals surface area contributed by atoms with Gasteiger partial charge in [-0.15, -0.1) is 0 Å². The van der Waals surface area contributed by atoms with Gasteiger partial charge in [-0.2, -0.15) is 0 Å². The van der Waals surface area contributed by atoms with Crippen LogP contribution < -0.4 is 0 Å². The molecule has 0 saturated heterocycles. The van der Waals surface area contributed by atoms with E-state index in [4.69, 9.17) is 11.6 Å². The van der Waals surface area contributed by atoms with Crippen molar-refractivity contribution in [3.8, 4) is 0 Å². The summed E-state index contributed by atoms with van der Waals surface area (Å²) in [5.41, 5.74) is 0.432. The van der Waals surface area contributed by atoms with E-state index in [2.05, 4.69) is 0 Å². The Balaban J connectivity index is 2.90. The molecule has 1 aromatic rings. The van der Waals surface area contributed by atoms with E-state index in [1.54, 1.807) is 24.3 Å². The maximum Gasteiger partial charge on any atom is 0.188 e. The highest BCUT2D eigenvalue weighted by Gasteiger charge is 2.01. The first kappa shape index (κ1) is 9.93. The molecule has 0 aliphatic rings. The molecule has 3 heteroatoms. The third-order valence-corrected chi connectivity index (χ3v) is 1.71. The number of carbonyl (C=O) groups is 1. The van der Waals surface area contributed by atoms with Crippen molar-refractivity contribution in [1.29, 1.82) is 0 Å². The van der Waals surface area contributed by atoms with Crippen LogP contribution in [0.1, 0.15) is 17.3 Å². The zero-order chi connectivity index (χ0) is 9.84. The molecular formula is C10H8ClFO. The number of hydrogen-bond acceptors (Lipinski definition) is 1. The standard InChI is InChI=1S/C10H8ClFO/c1-7(12)6-10(13)8-2-4-9(11)5-3-8/h2-6H,1H3/b7-6+. The van der Waals surface area contributed by atoms with Crippen molar-refractivity contribution < 1.29 is 9.18 Å². The van der Waals surface area contributed by atoms with Crippen molar-refractivity contribution >= 4 is 17.4 Å². The van der Waals surface area contributed by atoms with Crippen LogP contribution in [-0.4, -0.2) is 5.78 Å². The molecule has 0 heterocycles. The number of ketones is 1. The van der Waals surface area contributed by atoms with E-state index in [1.165, 1.54) is 6.92 Å². The average Bonchev–Trinajstić information content (AvgIpc) is 2.04. The molecular weight excluding hydrogens is 191 g/mol. The second-order valence-electron chi connectivity index (χ2n) is 2.60. The van der Waals surface area contributed by atoms with E-state index < -0.39 is 5.83 Å². The van der Waals surface area contributed by atoms with Crippen LogP contribution in [0.5, 0.6) is 0 Å². The maximum absolute atomic E-state index is 12.3. The van der Waals surface area contributed by atoms with Gasteiger partial charge in [0, 0.05) is 16.7 Å². The summed E-state index contributed by atoms with van der Waals surface area (Å²) in [6.45, 7) is 1.23. The predicted octanol–water partition coefficient (Wildman–Crippen LogP) is 3.40. The van der Waals surface area contributed by atoms with Crippen molar-refractivity contribution in [2.75, 3.05) is 0 Å². The lowest BCUT2D eigenvalue weighted by atomic mass is 10.1. The SMILES string of the molecule is C/C(F)=C\C(=O)c1ccc(Cl)cc1. The van der Waals surface area contributed by atoms with Gasteiger partial charge in [0.1, 0.15) is 5.83 Å². The second kappa shape index (κ2) is 4.19. The smallest absolute Gasteiger partial charge is 0.188 e. The first-order valence-electron chi connectivity index (χ1n) is 3.73. The Morgan fingerprint density at radius 1 is 1.38 bits per heavy atom. The highest BCUT2D eigenvalue weighted by Crippen LogP contribution is 2.11. The third kappa shape index (κ3) is 2.99. The fourth-order valence-electron chi connectivity index (χ4n) is 0.878. The average molecular weight is 199 g/mol. The van der Waals surface area contributed by atoms with Crippen LogP contribution in [0.2, 0.25) is 5.02 Å². The van der Waals surface area contributed by atoms with Gasteiger partial charge in [0.2, 0.25) is 0 Å². The van der Waals surface area contributed by atoms with Gasteiger partial charge in [0.25, 0.3) is 0 Å². The molecule has 0 amide bonds. The molecule has 0 fully saturated rings. The number of rotatable bonds is 2. The predicted molar refractivity (Wildman–Crippen MR) is 50.6 cm³/mol. The second-order valence-corrected chi connectivity index (χ2v) is 3.04. The summed E-state index contributed by atoms with van der Waals surface area (Å²) in [6.07, 6.45) is 0.948. The van der Waals surface area contributed by atoms with Crippen molar-refractivity contribution in [3.63, 3.8) is 0 Å². The molecule has 0 saturated carbocycles. The minimum atomic E-state index is -0.500. The summed E-state index contributed by atoms with van der Waals surface area (Å²) >= 11 is 5.62. The molecule has 1 rings (SSSR count). The normalized spacial score (nSPS) is 11.5. The number of allylic oxidation sites excluding steroid dienone is 2. The summed E-state index contributed by atoms with van der Waals surface area (Å²) in [5.74, 6) is -0.850. The lowest BCUT2D eigenvalue weighted by molar-refractivity contribution is 0.104. The van der Waals surface area contributed by atoms with Crippen molar-refractivity contribution in [3.05, 3.63) is 46.8 Å². The summed E-state index contributed by atoms with van der Waals surface area (Å²) in [4.78, 5) is 11.2. The van der Waals surface area contributed by atoms with Crippen LogP contribution in [0.3, 0.4) is 0 Å². The Morgan fingerprint density at radius 2 is 1.92 bits per heavy atom. The zero-order valence-corrected chi connectivity index (χ0v) is 7.81. The molecule has 1 nitrogen and oxygen atoms in total. The summed E-state index contributed by atoms with van der Waals surface area (Å²) in [6, 6.07) is 6.31. The molecule has 0 spiro atoms. The Hall–Kier alpha value is -1.15. The van der Waals surface area contributed by atoms with Crippen molar-refractivity contribution in [2.45, 2.75) is 6.92 Å². The van der Waals surface area contributed by atoms with Crippen LogP contribution in [-0.2, 0) is 0 Å². The fraction of sp³-hybridized carbons (Fsp3) is 0.100. The highest BCUT2D eigenvalue weighted by atomic mass is 35.5. The van der Waals surface area contributed by atoms with Gasteiger partial charge in [-0.25, -0.2) is 4.39 Å². The Bertz CT molecular complexity index is 336. The van der Waals surface area contributed by atoms with Gasteiger partial charge in [0.05, 0.1) is 0 Å². The minimum Gasteiger partial charge on any atom is -0.289 e. The number of hydrogen-bond donors (Lipinski definition) is 0. The molecule has 0 atom stereocenters. The van der Waals surface area contributed by atoms with Crippen molar-refractivity contribution in [1.82, 2.24) is 0 Å². The number of halogens is 2. The molecule has 0 aromatic heterocycles. The van der Waals surface area contributed by atoms with E-state index >= 15 is 0 Å². The number of carbonyl (C=O) groups excluding carboxylic acids is 1. The van der Waals surface area contributed by atoms with E-state index in [1.807, 2.05) is 0 Å². The molecule has 1 aromatic carbocycles. The highest BCUT2D eigenvalue weighted by molar-refractivity contribution is 6.30. The molecule has 0 N–H and O–H groups in total. The van der Waals surface area contributed by atoms with E-state index in [0.717, 1.165) is 6.08 Å². The summed E-state index contributed by atoms with van der Waals surface area (Å²) < 4.78 is 12.3. The molecule has 0 aliphatic heterocycles.